The average Bonchev–Trinajstić information content (AvgIpc) is 2.58. The highest BCUT2D eigenvalue weighted by Crippen LogP contribution is 2.21. The van der Waals surface area contributed by atoms with Crippen molar-refractivity contribution in [1.82, 2.24) is 14.8 Å². The van der Waals surface area contributed by atoms with Gasteiger partial charge in [0, 0.05) is 25.0 Å². The van der Waals surface area contributed by atoms with Crippen molar-refractivity contribution in [2.45, 2.75) is 13.0 Å². The van der Waals surface area contributed by atoms with Crippen molar-refractivity contribution in [1.29, 1.82) is 0 Å². The summed E-state index contributed by atoms with van der Waals surface area (Å²) in [5.74, 6) is 0. The molecule has 4 heteroatoms. The summed E-state index contributed by atoms with van der Waals surface area (Å²) in [6.45, 7) is 1.88. The van der Waals surface area contributed by atoms with Crippen LogP contribution in [-0.4, -0.2) is 19.9 Å². The van der Waals surface area contributed by atoms with Crippen LogP contribution < -0.4 is 0 Å². The van der Waals surface area contributed by atoms with Crippen molar-refractivity contribution >= 4 is 0 Å². The molecule has 2 rings (SSSR count). The maximum absolute atomic E-state index is 10.1. The molecule has 0 saturated carbocycles. The largest absolute Gasteiger partial charge is 0.382 e. The molecule has 0 amide bonds. The number of rotatable bonds is 2. The van der Waals surface area contributed by atoms with Crippen LogP contribution in [-0.2, 0) is 7.05 Å². The monoisotopic (exact) mass is 203 g/mol. The lowest BCUT2D eigenvalue weighted by atomic mass is 10.1. The molecular formula is C11H13N3O. The smallest absolute Gasteiger partial charge is 0.124 e. The van der Waals surface area contributed by atoms with Crippen LogP contribution in [0.4, 0.5) is 0 Å². The van der Waals surface area contributed by atoms with E-state index >= 15 is 0 Å². The maximum Gasteiger partial charge on any atom is 0.124 e. The molecule has 0 fully saturated rings. The van der Waals surface area contributed by atoms with Crippen LogP contribution >= 0.6 is 0 Å². The summed E-state index contributed by atoms with van der Waals surface area (Å²) >= 11 is 0. The molecule has 4 nitrogen and oxygen atoms in total. The molecule has 1 unspecified atom stereocenters. The molecule has 0 aliphatic carbocycles. The van der Waals surface area contributed by atoms with Crippen molar-refractivity contribution in [3.05, 3.63) is 47.5 Å². The zero-order valence-electron chi connectivity index (χ0n) is 8.75. The van der Waals surface area contributed by atoms with Gasteiger partial charge in [-0.05, 0) is 19.1 Å². The molecular weight excluding hydrogens is 190 g/mol. The van der Waals surface area contributed by atoms with Gasteiger partial charge in [0.25, 0.3) is 0 Å². The molecule has 1 N–H and O–H groups in total. The van der Waals surface area contributed by atoms with E-state index in [0.717, 1.165) is 11.3 Å². The number of nitrogens with zero attached hydrogens (tertiary/aromatic N) is 3. The summed E-state index contributed by atoms with van der Waals surface area (Å²) in [5, 5.41) is 14.3. The van der Waals surface area contributed by atoms with E-state index in [0.29, 0.717) is 5.69 Å². The van der Waals surface area contributed by atoms with E-state index in [9.17, 15) is 5.11 Å². The summed E-state index contributed by atoms with van der Waals surface area (Å²) in [5.41, 5.74) is 2.28. The third-order valence-corrected chi connectivity index (χ3v) is 2.31. The Morgan fingerprint density at radius 1 is 1.40 bits per heavy atom. The van der Waals surface area contributed by atoms with E-state index in [1.807, 2.05) is 32.3 Å². The Balaban J connectivity index is 2.36. The molecule has 0 radical (unpaired) electrons. The third-order valence-electron chi connectivity index (χ3n) is 2.31. The first-order valence-corrected chi connectivity index (χ1v) is 4.77. The first-order chi connectivity index (χ1) is 7.18. The molecule has 0 spiro atoms. The first kappa shape index (κ1) is 9.86. The minimum Gasteiger partial charge on any atom is -0.382 e. The normalized spacial score (nSPS) is 12.7. The Morgan fingerprint density at radius 3 is 2.73 bits per heavy atom. The van der Waals surface area contributed by atoms with E-state index in [-0.39, 0.29) is 0 Å². The summed E-state index contributed by atoms with van der Waals surface area (Å²) in [7, 11) is 1.83. The summed E-state index contributed by atoms with van der Waals surface area (Å²) < 4.78 is 1.69. The predicted molar refractivity (Wildman–Crippen MR) is 56.2 cm³/mol. The van der Waals surface area contributed by atoms with Gasteiger partial charge in [0.05, 0.1) is 11.4 Å². The lowest BCUT2D eigenvalue weighted by Crippen LogP contribution is -2.02. The van der Waals surface area contributed by atoms with Gasteiger partial charge >= 0.3 is 0 Å². The Labute approximate surface area is 88.2 Å². The number of aromatic nitrogens is 3. The zero-order chi connectivity index (χ0) is 10.8. The molecule has 0 saturated heterocycles. The molecule has 0 bridgehead atoms. The molecule has 0 aromatic carbocycles. The average molecular weight is 203 g/mol. The predicted octanol–water partition coefficient (Wildman–Crippen LogP) is 1.21. The second-order valence-corrected chi connectivity index (χ2v) is 3.50. The summed E-state index contributed by atoms with van der Waals surface area (Å²) in [6.07, 6.45) is 2.79. The van der Waals surface area contributed by atoms with E-state index in [1.54, 1.807) is 16.9 Å². The minimum atomic E-state index is -0.695. The number of aliphatic hydroxyl groups is 1. The van der Waals surface area contributed by atoms with Crippen LogP contribution in [0.5, 0.6) is 0 Å². The molecule has 2 aromatic rings. The Morgan fingerprint density at radius 2 is 2.20 bits per heavy atom. The van der Waals surface area contributed by atoms with Crippen molar-refractivity contribution in [2.24, 2.45) is 7.05 Å². The molecule has 1 atom stereocenters. The number of hydrogen-bond acceptors (Lipinski definition) is 3. The van der Waals surface area contributed by atoms with Gasteiger partial charge in [-0.25, -0.2) is 0 Å². The van der Waals surface area contributed by atoms with Gasteiger partial charge in [0.15, 0.2) is 0 Å². The van der Waals surface area contributed by atoms with Crippen LogP contribution in [0.3, 0.4) is 0 Å². The fraction of sp³-hybridized carbons (Fsp3) is 0.273. The Hall–Kier alpha value is -1.68. The standard InChI is InChI=1S/C11H13N3O/c1-8-9(7-14(2)13-8)11(15)10-5-3-4-6-12-10/h3-7,11,15H,1-2H3. The highest BCUT2D eigenvalue weighted by Gasteiger charge is 2.16. The molecule has 2 heterocycles. The van der Waals surface area contributed by atoms with Crippen LogP contribution in [0.2, 0.25) is 0 Å². The second-order valence-electron chi connectivity index (χ2n) is 3.50. The Kier molecular flexibility index (Phi) is 2.51. The number of pyridine rings is 1. The highest BCUT2D eigenvalue weighted by atomic mass is 16.3. The van der Waals surface area contributed by atoms with Crippen LogP contribution in [0.25, 0.3) is 0 Å². The van der Waals surface area contributed by atoms with Gasteiger partial charge in [-0.3, -0.25) is 9.67 Å². The fourth-order valence-corrected chi connectivity index (χ4v) is 1.58. The van der Waals surface area contributed by atoms with Gasteiger partial charge in [0.1, 0.15) is 6.10 Å². The van der Waals surface area contributed by atoms with Gasteiger partial charge in [-0.1, -0.05) is 6.07 Å². The van der Waals surface area contributed by atoms with Gasteiger partial charge in [0.2, 0.25) is 0 Å². The van der Waals surface area contributed by atoms with Gasteiger partial charge in [-0.2, -0.15) is 5.10 Å². The van der Waals surface area contributed by atoms with Crippen LogP contribution in [0.1, 0.15) is 23.1 Å². The SMILES string of the molecule is Cc1nn(C)cc1C(O)c1ccccn1. The van der Waals surface area contributed by atoms with Crippen LogP contribution in [0, 0.1) is 6.92 Å². The van der Waals surface area contributed by atoms with Gasteiger partial charge in [-0.15, -0.1) is 0 Å². The number of aryl methyl sites for hydroxylation is 2. The second kappa shape index (κ2) is 3.82. The third kappa shape index (κ3) is 1.89. The molecule has 2 aromatic heterocycles. The van der Waals surface area contributed by atoms with E-state index in [4.69, 9.17) is 0 Å². The van der Waals surface area contributed by atoms with E-state index < -0.39 is 6.10 Å². The quantitative estimate of drug-likeness (QED) is 0.798. The molecule has 0 aliphatic heterocycles. The number of hydrogen-bond donors (Lipinski definition) is 1. The lowest BCUT2D eigenvalue weighted by molar-refractivity contribution is 0.214. The topological polar surface area (TPSA) is 50.9 Å². The molecule has 78 valence electrons. The lowest BCUT2D eigenvalue weighted by Gasteiger charge is -2.07. The van der Waals surface area contributed by atoms with E-state index in [1.165, 1.54) is 0 Å². The van der Waals surface area contributed by atoms with Crippen LogP contribution in [0.15, 0.2) is 30.6 Å². The number of aliphatic hydroxyl groups excluding tert-OH is 1. The highest BCUT2D eigenvalue weighted by molar-refractivity contribution is 5.26. The van der Waals surface area contributed by atoms with Crippen molar-refractivity contribution in [3.63, 3.8) is 0 Å². The van der Waals surface area contributed by atoms with Crippen molar-refractivity contribution in [3.8, 4) is 0 Å². The fourth-order valence-electron chi connectivity index (χ4n) is 1.58. The van der Waals surface area contributed by atoms with Gasteiger partial charge < -0.3 is 5.11 Å². The van der Waals surface area contributed by atoms with Crippen molar-refractivity contribution < 1.29 is 5.11 Å². The summed E-state index contributed by atoms with van der Waals surface area (Å²) in [4.78, 5) is 4.12. The first-order valence-electron chi connectivity index (χ1n) is 4.77. The zero-order valence-corrected chi connectivity index (χ0v) is 8.75. The molecule has 0 aliphatic rings. The maximum atomic E-state index is 10.1. The summed E-state index contributed by atoms with van der Waals surface area (Å²) in [6, 6.07) is 5.49. The Bertz CT molecular complexity index is 450. The van der Waals surface area contributed by atoms with E-state index in [2.05, 4.69) is 10.1 Å². The molecule has 15 heavy (non-hydrogen) atoms. The minimum absolute atomic E-state index is 0.647. The van der Waals surface area contributed by atoms with Crippen molar-refractivity contribution in [2.75, 3.05) is 0 Å².